The molecule has 1 heterocycles. The third-order valence-corrected chi connectivity index (χ3v) is 4.47. The second kappa shape index (κ2) is 5.52. The number of carbonyl (C=O) groups excluding carboxylic acids is 1. The van der Waals surface area contributed by atoms with Crippen molar-refractivity contribution < 1.29 is 9.00 Å². The summed E-state index contributed by atoms with van der Waals surface area (Å²) in [5, 5.41) is 2.98. The number of carbonyl (C=O) groups is 1. The average Bonchev–Trinajstić information content (AvgIpc) is 2.31. The minimum absolute atomic E-state index is 0.0944. The van der Waals surface area contributed by atoms with E-state index in [9.17, 15) is 9.00 Å². The highest BCUT2D eigenvalue weighted by molar-refractivity contribution is 7.85. The molecule has 1 amide bonds. The Morgan fingerprint density at radius 3 is 2.61 bits per heavy atom. The highest BCUT2D eigenvalue weighted by Crippen LogP contribution is 2.13. The third kappa shape index (κ3) is 3.32. The summed E-state index contributed by atoms with van der Waals surface area (Å²) in [6.07, 6.45) is 1.58. The Balaban J connectivity index is 2.01. The molecular weight excluding hydrogens is 248 g/mol. The first kappa shape index (κ1) is 13.1. The molecule has 1 aliphatic heterocycles. The summed E-state index contributed by atoms with van der Waals surface area (Å²) in [6.45, 7) is 1.91. The van der Waals surface area contributed by atoms with Crippen molar-refractivity contribution in [2.24, 2.45) is 0 Å². The highest BCUT2D eigenvalue weighted by atomic mass is 32.2. The fraction of sp³-hybridized carbons (Fsp3) is 0.462. The zero-order chi connectivity index (χ0) is 13.1. The van der Waals surface area contributed by atoms with Crippen molar-refractivity contribution in [1.82, 2.24) is 5.32 Å². The molecule has 0 spiro atoms. The summed E-state index contributed by atoms with van der Waals surface area (Å²) < 4.78 is 11.2. The van der Waals surface area contributed by atoms with Gasteiger partial charge in [0.15, 0.2) is 0 Å². The van der Waals surface area contributed by atoms with Crippen molar-refractivity contribution >= 4 is 22.4 Å². The Kier molecular flexibility index (Phi) is 4.01. The van der Waals surface area contributed by atoms with Gasteiger partial charge in [0.25, 0.3) is 5.91 Å². The van der Waals surface area contributed by atoms with Gasteiger partial charge in [-0.2, -0.15) is 0 Å². The number of hydrogen-bond acceptors (Lipinski definition) is 3. The topological polar surface area (TPSA) is 72.2 Å². The number of nitrogens with one attached hydrogen (secondary N) is 1. The van der Waals surface area contributed by atoms with E-state index in [4.69, 9.17) is 5.73 Å². The van der Waals surface area contributed by atoms with E-state index < -0.39 is 10.8 Å². The minimum atomic E-state index is -0.699. The molecule has 3 N–H and O–H groups in total. The van der Waals surface area contributed by atoms with Crippen LogP contribution in [0.4, 0.5) is 5.69 Å². The minimum Gasteiger partial charge on any atom is -0.399 e. The second-order valence-corrected chi connectivity index (χ2v) is 6.42. The molecule has 1 fully saturated rings. The van der Waals surface area contributed by atoms with Crippen molar-refractivity contribution in [2.75, 3.05) is 17.2 Å². The van der Waals surface area contributed by atoms with Crippen LogP contribution in [0, 0.1) is 6.92 Å². The quantitative estimate of drug-likeness (QED) is 0.791. The Bertz CT molecular complexity index is 458. The summed E-state index contributed by atoms with van der Waals surface area (Å²) in [7, 11) is -0.699. The smallest absolute Gasteiger partial charge is 0.251 e. The molecule has 0 aliphatic carbocycles. The lowest BCUT2D eigenvalue weighted by Crippen LogP contribution is -2.39. The van der Waals surface area contributed by atoms with Crippen LogP contribution in [0.2, 0.25) is 0 Å². The number of aryl methyl sites for hydroxylation is 1. The molecule has 1 saturated heterocycles. The molecule has 4 nitrogen and oxygen atoms in total. The van der Waals surface area contributed by atoms with Gasteiger partial charge in [-0.25, -0.2) is 0 Å². The Hall–Kier alpha value is -1.36. The van der Waals surface area contributed by atoms with E-state index in [1.165, 1.54) is 0 Å². The van der Waals surface area contributed by atoms with Crippen molar-refractivity contribution in [3.8, 4) is 0 Å². The van der Waals surface area contributed by atoms with Crippen LogP contribution in [-0.2, 0) is 10.8 Å². The fourth-order valence-corrected chi connectivity index (χ4v) is 3.45. The molecule has 5 heteroatoms. The van der Waals surface area contributed by atoms with Crippen LogP contribution in [0.15, 0.2) is 18.2 Å². The first-order valence-corrected chi connectivity index (χ1v) is 7.56. The molecule has 1 aromatic rings. The van der Waals surface area contributed by atoms with Gasteiger partial charge in [-0.1, -0.05) is 0 Å². The lowest BCUT2D eigenvalue weighted by Gasteiger charge is -2.22. The standard InChI is InChI=1S/C13H18N2O2S/c1-9-6-10(8-11(14)7-9)13(16)15-12-2-4-18(17)5-3-12/h6-8,12H,2-5,14H2,1H3,(H,15,16). The Labute approximate surface area is 109 Å². The number of rotatable bonds is 2. The van der Waals surface area contributed by atoms with Gasteiger partial charge in [0.1, 0.15) is 0 Å². The van der Waals surface area contributed by atoms with Crippen LogP contribution in [0.5, 0.6) is 0 Å². The van der Waals surface area contributed by atoms with Crippen molar-refractivity contribution in [3.63, 3.8) is 0 Å². The number of nitrogens with two attached hydrogens (primary N) is 1. The largest absolute Gasteiger partial charge is 0.399 e. The number of anilines is 1. The van der Waals surface area contributed by atoms with Gasteiger partial charge < -0.3 is 11.1 Å². The van der Waals surface area contributed by atoms with Gasteiger partial charge in [0, 0.05) is 39.6 Å². The summed E-state index contributed by atoms with van der Waals surface area (Å²) in [5.41, 5.74) is 7.90. The second-order valence-electron chi connectivity index (χ2n) is 4.73. The van der Waals surface area contributed by atoms with Gasteiger partial charge in [0.05, 0.1) is 0 Å². The molecule has 0 atom stereocenters. The summed E-state index contributed by atoms with van der Waals surface area (Å²) in [5.74, 6) is 1.27. The maximum Gasteiger partial charge on any atom is 0.251 e. The van der Waals surface area contributed by atoms with Crippen LogP contribution in [0.3, 0.4) is 0 Å². The lowest BCUT2D eigenvalue weighted by molar-refractivity contribution is 0.0934. The molecule has 0 unspecified atom stereocenters. The maximum atomic E-state index is 12.1. The van der Waals surface area contributed by atoms with Crippen molar-refractivity contribution in [1.29, 1.82) is 0 Å². The third-order valence-electron chi connectivity index (χ3n) is 3.09. The van der Waals surface area contributed by atoms with E-state index in [-0.39, 0.29) is 11.9 Å². The Morgan fingerprint density at radius 2 is 2.00 bits per heavy atom. The SMILES string of the molecule is Cc1cc(N)cc(C(=O)NC2CCS(=O)CC2)c1. The first-order chi connectivity index (χ1) is 8.54. The normalized spacial score (nSPS) is 23.6. The zero-order valence-electron chi connectivity index (χ0n) is 10.4. The molecular formula is C13H18N2O2S. The van der Waals surface area contributed by atoms with E-state index >= 15 is 0 Å². The van der Waals surface area contributed by atoms with Crippen LogP contribution >= 0.6 is 0 Å². The van der Waals surface area contributed by atoms with Gasteiger partial charge in [-0.15, -0.1) is 0 Å². The summed E-state index contributed by atoms with van der Waals surface area (Å²) >= 11 is 0. The van der Waals surface area contributed by atoms with E-state index in [0.29, 0.717) is 22.8 Å². The molecule has 0 saturated carbocycles. The zero-order valence-corrected chi connectivity index (χ0v) is 11.3. The summed E-state index contributed by atoms with van der Waals surface area (Å²) in [6, 6.07) is 5.48. The number of benzene rings is 1. The number of amides is 1. The first-order valence-electron chi connectivity index (χ1n) is 6.07. The molecule has 18 heavy (non-hydrogen) atoms. The van der Waals surface area contributed by atoms with Gasteiger partial charge in [0.2, 0.25) is 0 Å². The summed E-state index contributed by atoms with van der Waals surface area (Å²) in [4.78, 5) is 12.1. The van der Waals surface area contributed by atoms with E-state index in [0.717, 1.165) is 18.4 Å². The monoisotopic (exact) mass is 266 g/mol. The molecule has 1 aromatic carbocycles. The molecule has 0 bridgehead atoms. The molecule has 98 valence electrons. The van der Waals surface area contributed by atoms with Crippen molar-refractivity contribution in [2.45, 2.75) is 25.8 Å². The van der Waals surface area contributed by atoms with Crippen LogP contribution in [0.1, 0.15) is 28.8 Å². The molecule has 1 aliphatic rings. The van der Waals surface area contributed by atoms with E-state index in [1.54, 1.807) is 6.07 Å². The number of nitrogen functional groups attached to an aromatic ring is 1. The maximum absolute atomic E-state index is 12.1. The van der Waals surface area contributed by atoms with E-state index in [1.807, 2.05) is 19.1 Å². The lowest BCUT2D eigenvalue weighted by atomic mass is 10.1. The van der Waals surface area contributed by atoms with Crippen LogP contribution < -0.4 is 11.1 Å². The molecule has 0 radical (unpaired) electrons. The molecule has 0 aromatic heterocycles. The average molecular weight is 266 g/mol. The Morgan fingerprint density at radius 1 is 1.33 bits per heavy atom. The van der Waals surface area contributed by atoms with Gasteiger partial charge in [-0.3, -0.25) is 9.00 Å². The van der Waals surface area contributed by atoms with E-state index in [2.05, 4.69) is 5.32 Å². The van der Waals surface area contributed by atoms with Crippen molar-refractivity contribution in [3.05, 3.63) is 29.3 Å². The van der Waals surface area contributed by atoms with Crippen LogP contribution in [-0.4, -0.2) is 27.7 Å². The predicted octanol–water partition coefficient (Wildman–Crippen LogP) is 1.22. The molecule has 2 rings (SSSR count). The number of hydrogen-bond donors (Lipinski definition) is 2. The predicted molar refractivity (Wildman–Crippen MR) is 74.0 cm³/mol. The van der Waals surface area contributed by atoms with Gasteiger partial charge in [-0.05, 0) is 43.5 Å². The highest BCUT2D eigenvalue weighted by Gasteiger charge is 2.20. The van der Waals surface area contributed by atoms with Crippen LogP contribution in [0.25, 0.3) is 0 Å². The fourth-order valence-electron chi connectivity index (χ4n) is 2.15. The van der Waals surface area contributed by atoms with Gasteiger partial charge >= 0.3 is 0 Å².